The van der Waals surface area contributed by atoms with E-state index in [4.69, 9.17) is 0 Å². The van der Waals surface area contributed by atoms with Gasteiger partial charge in [-0.2, -0.15) is 4.31 Å². The fourth-order valence-electron chi connectivity index (χ4n) is 4.22. The topological polar surface area (TPSA) is 78.8 Å². The van der Waals surface area contributed by atoms with Gasteiger partial charge in [-0.3, -0.25) is 4.79 Å². The summed E-state index contributed by atoms with van der Waals surface area (Å²) in [4.78, 5) is 21.4. The third-order valence-corrected chi connectivity index (χ3v) is 7.78. The molecule has 30 heavy (non-hydrogen) atoms. The lowest BCUT2D eigenvalue weighted by atomic mass is 9.97. The van der Waals surface area contributed by atoms with Crippen molar-refractivity contribution in [3.05, 3.63) is 42.9 Å². The lowest BCUT2D eigenvalue weighted by Gasteiger charge is -2.39. The van der Waals surface area contributed by atoms with Crippen molar-refractivity contribution in [2.45, 2.75) is 31.3 Å². The first-order valence-electron chi connectivity index (χ1n) is 10.6. The molecule has 2 aliphatic heterocycles. The van der Waals surface area contributed by atoms with E-state index in [1.165, 1.54) is 16.3 Å². The largest absolute Gasteiger partial charge is 0.368 e. The van der Waals surface area contributed by atoms with Crippen LogP contribution in [-0.2, 0) is 21.4 Å². The summed E-state index contributed by atoms with van der Waals surface area (Å²) in [6.07, 6.45) is 4.51. The first-order valence-corrected chi connectivity index (χ1v) is 12.0. The molecule has 162 valence electrons. The average molecular weight is 432 g/mol. The number of rotatable bonds is 5. The standard InChI is InChI=1S/C21H29N5O3S/c1-2-23-16-20(22-17-23)30(28,29)26-10-6-7-18(15-26)21(27)25-13-11-24(12-14-25)19-8-4-3-5-9-19/h3-5,8-9,16-18H,2,6-7,10-15H2,1H3/t18-/m1/s1. The van der Waals surface area contributed by atoms with Crippen LogP contribution in [0.4, 0.5) is 5.69 Å². The van der Waals surface area contributed by atoms with Crippen molar-refractivity contribution in [1.29, 1.82) is 0 Å². The van der Waals surface area contributed by atoms with E-state index < -0.39 is 10.0 Å². The van der Waals surface area contributed by atoms with Gasteiger partial charge in [0.1, 0.15) is 0 Å². The second kappa shape index (κ2) is 8.77. The number of piperidine rings is 1. The summed E-state index contributed by atoms with van der Waals surface area (Å²) < 4.78 is 29.1. The van der Waals surface area contributed by atoms with E-state index in [0.717, 1.165) is 19.5 Å². The fourth-order valence-corrected chi connectivity index (χ4v) is 5.68. The third kappa shape index (κ3) is 4.22. The molecule has 2 aliphatic rings. The van der Waals surface area contributed by atoms with E-state index in [9.17, 15) is 13.2 Å². The molecule has 9 heteroatoms. The van der Waals surface area contributed by atoms with Gasteiger partial charge in [-0.25, -0.2) is 13.4 Å². The van der Waals surface area contributed by atoms with Gasteiger partial charge in [-0.15, -0.1) is 0 Å². The maximum Gasteiger partial charge on any atom is 0.262 e. The zero-order valence-corrected chi connectivity index (χ0v) is 18.2. The molecule has 0 spiro atoms. The van der Waals surface area contributed by atoms with Crippen molar-refractivity contribution in [3.63, 3.8) is 0 Å². The predicted molar refractivity (Wildman–Crippen MR) is 115 cm³/mol. The highest BCUT2D eigenvalue weighted by atomic mass is 32.2. The van der Waals surface area contributed by atoms with Crippen LogP contribution in [0.1, 0.15) is 19.8 Å². The number of imidazole rings is 1. The van der Waals surface area contributed by atoms with Crippen LogP contribution in [0, 0.1) is 5.92 Å². The summed E-state index contributed by atoms with van der Waals surface area (Å²) in [6.45, 7) is 6.18. The molecule has 1 aromatic heterocycles. The van der Waals surface area contributed by atoms with Crippen molar-refractivity contribution >= 4 is 21.6 Å². The van der Waals surface area contributed by atoms with E-state index in [1.54, 1.807) is 10.8 Å². The Kier molecular flexibility index (Phi) is 6.10. The molecule has 0 unspecified atom stereocenters. The van der Waals surface area contributed by atoms with Crippen LogP contribution in [0.2, 0.25) is 0 Å². The maximum absolute atomic E-state index is 13.1. The normalized spacial score (nSPS) is 21.0. The van der Waals surface area contributed by atoms with Gasteiger partial charge < -0.3 is 14.4 Å². The number of hydrogen-bond donors (Lipinski definition) is 0. The average Bonchev–Trinajstić information content (AvgIpc) is 3.30. The molecule has 4 rings (SSSR count). The third-order valence-electron chi connectivity index (χ3n) is 6.02. The van der Waals surface area contributed by atoms with Gasteiger partial charge in [0.05, 0.1) is 12.2 Å². The minimum Gasteiger partial charge on any atom is -0.368 e. The Bertz CT molecular complexity index is 968. The van der Waals surface area contributed by atoms with Crippen LogP contribution in [0.25, 0.3) is 0 Å². The second-order valence-electron chi connectivity index (χ2n) is 7.89. The van der Waals surface area contributed by atoms with Crippen molar-refractivity contribution in [2.75, 3.05) is 44.2 Å². The Labute approximate surface area is 178 Å². The van der Waals surface area contributed by atoms with E-state index in [0.29, 0.717) is 32.6 Å². The Morgan fingerprint density at radius 3 is 2.50 bits per heavy atom. The van der Waals surface area contributed by atoms with Crippen LogP contribution in [0.15, 0.2) is 47.9 Å². The Morgan fingerprint density at radius 1 is 1.10 bits per heavy atom. The Morgan fingerprint density at radius 2 is 1.83 bits per heavy atom. The molecule has 0 N–H and O–H groups in total. The fraction of sp³-hybridized carbons (Fsp3) is 0.524. The lowest BCUT2D eigenvalue weighted by Crippen LogP contribution is -2.53. The Hall–Kier alpha value is -2.39. The van der Waals surface area contributed by atoms with Gasteiger partial charge in [0, 0.05) is 57.7 Å². The van der Waals surface area contributed by atoms with Gasteiger partial charge in [0.15, 0.2) is 5.03 Å². The molecule has 3 heterocycles. The quantitative estimate of drug-likeness (QED) is 0.719. The highest BCUT2D eigenvalue weighted by Crippen LogP contribution is 2.25. The highest BCUT2D eigenvalue weighted by molar-refractivity contribution is 7.89. The molecule has 2 saturated heterocycles. The number of carbonyl (C=O) groups is 1. The van der Waals surface area contributed by atoms with Gasteiger partial charge in [0.25, 0.3) is 10.0 Å². The monoisotopic (exact) mass is 431 g/mol. The molecule has 2 aromatic rings. The highest BCUT2D eigenvalue weighted by Gasteiger charge is 2.36. The summed E-state index contributed by atoms with van der Waals surface area (Å²) in [6, 6.07) is 10.2. The van der Waals surface area contributed by atoms with Gasteiger partial charge >= 0.3 is 0 Å². The number of amides is 1. The summed E-state index contributed by atoms with van der Waals surface area (Å²) in [5.74, 6) is -0.216. The molecule has 2 fully saturated rings. The molecule has 1 amide bonds. The SMILES string of the molecule is CCn1cnc(S(=O)(=O)N2CCC[C@@H](C(=O)N3CCN(c4ccccc4)CC3)C2)c1. The lowest BCUT2D eigenvalue weighted by molar-refractivity contribution is -0.137. The number of hydrogen-bond acceptors (Lipinski definition) is 5. The zero-order chi connectivity index (χ0) is 21.1. The van der Waals surface area contributed by atoms with Gasteiger partial charge in [-0.1, -0.05) is 18.2 Å². The predicted octanol–water partition coefficient (Wildman–Crippen LogP) is 1.65. The van der Waals surface area contributed by atoms with Crippen LogP contribution in [-0.4, -0.2) is 72.3 Å². The molecule has 8 nitrogen and oxygen atoms in total. The molecule has 1 aromatic carbocycles. The van der Waals surface area contributed by atoms with E-state index in [-0.39, 0.29) is 23.4 Å². The summed E-state index contributed by atoms with van der Waals surface area (Å²) in [5.41, 5.74) is 1.17. The number of benzene rings is 1. The summed E-state index contributed by atoms with van der Waals surface area (Å²) >= 11 is 0. The van der Waals surface area contributed by atoms with Crippen molar-refractivity contribution in [2.24, 2.45) is 5.92 Å². The molecule has 0 bridgehead atoms. The van der Waals surface area contributed by atoms with Gasteiger partial charge in [-0.05, 0) is 31.9 Å². The zero-order valence-electron chi connectivity index (χ0n) is 17.4. The molecule has 1 atom stereocenters. The Balaban J connectivity index is 1.38. The minimum absolute atomic E-state index is 0.0638. The molecule has 0 saturated carbocycles. The van der Waals surface area contributed by atoms with Crippen LogP contribution < -0.4 is 4.90 Å². The second-order valence-corrected chi connectivity index (χ2v) is 9.78. The van der Waals surface area contributed by atoms with E-state index in [1.807, 2.05) is 30.0 Å². The van der Waals surface area contributed by atoms with E-state index in [2.05, 4.69) is 22.0 Å². The first kappa shape index (κ1) is 20.9. The molecule has 0 radical (unpaired) electrons. The minimum atomic E-state index is -3.67. The molecular weight excluding hydrogens is 402 g/mol. The number of carbonyl (C=O) groups excluding carboxylic acids is 1. The number of nitrogens with zero attached hydrogens (tertiary/aromatic N) is 5. The summed E-state index contributed by atoms with van der Waals surface area (Å²) in [5, 5.41) is 0.0638. The van der Waals surface area contributed by atoms with Crippen LogP contribution in [0.5, 0.6) is 0 Å². The number of piperazine rings is 1. The van der Waals surface area contributed by atoms with Crippen molar-refractivity contribution in [1.82, 2.24) is 18.8 Å². The number of aromatic nitrogens is 2. The number of aryl methyl sites for hydroxylation is 1. The van der Waals surface area contributed by atoms with Crippen molar-refractivity contribution in [3.8, 4) is 0 Å². The van der Waals surface area contributed by atoms with E-state index >= 15 is 0 Å². The smallest absolute Gasteiger partial charge is 0.262 e. The van der Waals surface area contributed by atoms with Crippen LogP contribution >= 0.6 is 0 Å². The number of anilines is 1. The van der Waals surface area contributed by atoms with Crippen LogP contribution in [0.3, 0.4) is 0 Å². The summed E-state index contributed by atoms with van der Waals surface area (Å²) in [7, 11) is -3.67. The van der Waals surface area contributed by atoms with Gasteiger partial charge in [0.2, 0.25) is 5.91 Å². The van der Waals surface area contributed by atoms with Crippen molar-refractivity contribution < 1.29 is 13.2 Å². The molecule has 0 aliphatic carbocycles. The number of para-hydroxylation sites is 1. The molecular formula is C21H29N5O3S. The first-order chi connectivity index (χ1) is 14.5. The number of sulfonamides is 1. The maximum atomic E-state index is 13.1.